The van der Waals surface area contributed by atoms with E-state index in [0.717, 1.165) is 57.8 Å². The SMILES string of the molecule is O=C(Cc1ccncc1)N1CCC(C2c3ccc(Cl)cc3C=Cc3cc(Br)cnc32)CC1. The fourth-order valence-electron chi connectivity index (χ4n) is 4.91. The van der Waals surface area contributed by atoms with Crippen LogP contribution in [0.15, 0.2) is 59.5 Å². The number of hydrogen-bond donors (Lipinski definition) is 0. The van der Waals surface area contributed by atoms with Crippen LogP contribution in [0.4, 0.5) is 0 Å². The van der Waals surface area contributed by atoms with Gasteiger partial charge in [0, 0.05) is 47.1 Å². The molecule has 5 rings (SSSR count). The standard InChI is InChI=1S/C26H23BrClN3O/c27-21-14-20-2-1-19-15-22(28)3-4-23(19)25(26(20)30-16-21)18-7-11-31(12-8-18)24(32)13-17-5-9-29-10-6-17/h1-6,9-10,14-16,18,25H,7-8,11-13H2. The highest BCUT2D eigenvalue weighted by molar-refractivity contribution is 9.10. The topological polar surface area (TPSA) is 46.1 Å². The number of pyridine rings is 2. The van der Waals surface area contributed by atoms with Crippen LogP contribution in [0.2, 0.25) is 5.02 Å². The van der Waals surface area contributed by atoms with E-state index in [4.69, 9.17) is 16.6 Å². The van der Waals surface area contributed by atoms with E-state index in [1.54, 1.807) is 12.4 Å². The third-order valence-electron chi connectivity index (χ3n) is 6.51. The van der Waals surface area contributed by atoms with Gasteiger partial charge in [0.1, 0.15) is 0 Å². The summed E-state index contributed by atoms with van der Waals surface area (Å²) in [6.45, 7) is 1.54. The minimum atomic E-state index is 0.179. The largest absolute Gasteiger partial charge is 0.342 e. The predicted octanol–water partition coefficient (Wildman–Crippen LogP) is 5.99. The maximum atomic E-state index is 12.8. The molecule has 4 nitrogen and oxygen atoms in total. The van der Waals surface area contributed by atoms with Crippen LogP contribution >= 0.6 is 27.5 Å². The lowest BCUT2D eigenvalue weighted by Crippen LogP contribution is -2.40. The number of rotatable bonds is 3. The summed E-state index contributed by atoms with van der Waals surface area (Å²) in [4.78, 5) is 23.7. The number of aromatic nitrogens is 2. The second-order valence-electron chi connectivity index (χ2n) is 8.46. The number of amides is 1. The Morgan fingerprint density at radius 3 is 2.59 bits per heavy atom. The minimum Gasteiger partial charge on any atom is -0.342 e. The summed E-state index contributed by atoms with van der Waals surface area (Å²) in [6, 6.07) is 12.1. The van der Waals surface area contributed by atoms with Gasteiger partial charge in [-0.05, 0) is 87.3 Å². The lowest BCUT2D eigenvalue weighted by molar-refractivity contribution is -0.131. The molecule has 0 spiro atoms. The molecule has 1 aliphatic carbocycles. The first-order valence-corrected chi connectivity index (χ1v) is 12.1. The smallest absolute Gasteiger partial charge is 0.226 e. The third-order valence-corrected chi connectivity index (χ3v) is 7.17. The third kappa shape index (κ3) is 4.37. The molecule has 1 fully saturated rings. The molecule has 1 saturated heterocycles. The molecule has 2 aromatic heterocycles. The van der Waals surface area contributed by atoms with Crippen molar-refractivity contribution in [1.82, 2.24) is 14.9 Å². The number of fused-ring (bicyclic) bond motifs is 2. The van der Waals surface area contributed by atoms with E-state index >= 15 is 0 Å². The van der Waals surface area contributed by atoms with Crippen LogP contribution in [-0.2, 0) is 11.2 Å². The molecule has 0 saturated carbocycles. The van der Waals surface area contributed by atoms with Crippen molar-refractivity contribution >= 4 is 45.6 Å². The molecule has 1 aliphatic heterocycles. The van der Waals surface area contributed by atoms with Crippen LogP contribution in [0.1, 0.15) is 46.7 Å². The quantitative estimate of drug-likeness (QED) is 0.437. The van der Waals surface area contributed by atoms with Crippen LogP contribution in [0.3, 0.4) is 0 Å². The van der Waals surface area contributed by atoms with Gasteiger partial charge in [0.15, 0.2) is 0 Å². The molecule has 1 aromatic carbocycles. The monoisotopic (exact) mass is 507 g/mol. The zero-order chi connectivity index (χ0) is 22.1. The number of carbonyl (C=O) groups excluding carboxylic acids is 1. The Bertz CT molecular complexity index is 1120. The number of hydrogen-bond acceptors (Lipinski definition) is 3. The maximum absolute atomic E-state index is 12.8. The van der Waals surface area contributed by atoms with Crippen molar-refractivity contribution < 1.29 is 4.79 Å². The molecular weight excluding hydrogens is 486 g/mol. The average Bonchev–Trinajstić information content (AvgIpc) is 2.96. The van der Waals surface area contributed by atoms with Gasteiger partial charge >= 0.3 is 0 Å². The minimum absolute atomic E-state index is 0.179. The highest BCUT2D eigenvalue weighted by Gasteiger charge is 2.34. The van der Waals surface area contributed by atoms with Crippen molar-refractivity contribution in [3.8, 4) is 0 Å². The molecule has 162 valence electrons. The van der Waals surface area contributed by atoms with Crippen molar-refractivity contribution in [2.24, 2.45) is 5.92 Å². The molecule has 1 amide bonds. The van der Waals surface area contributed by atoms with Gasteiger partial charge in [0.25, 0.3) is 0 Å². The van der Waals surface area contributed by atoms with Crippen molar-refractivity contribution in [3.05, 3.63) is 92.4 Å². The molecule has 32 heavy (non-hydrogen) atoms. The number of piperidine rings is 1. The van der Waals surface area contributed by atoms with Crippen LogP contribution in [0, 0.1) is 5.92 Å². The second-order valence-corrected chi connectivity index (χ2v) is 9.81. The van der Waals surface area contributed by atoms with Gasteiger partial charge in [0.05, 0.1) is 12.1 Å². The van der Waals surface area contributed by atoms with Crippen molar-refractivity contribution in [3.63, 3.8) is 0 Å². The van der Waals surface area contributed by atoms with Crippen LogP contribution < -0.4 is 0 Å². The fraction of sp³-hybridized carbons (Fsp3) is 0.269. The lowest BCUT2D eigenvalue weighted by Gasteiger charge is -2.37. The summed E-state index contributed by atoms with van der Waals surface area (Å²) in [5.74, 6) is 0.775. The summed E-state index contributed by atoms with van der Waals surface area (Å²) in [6.07, 6.45) is 12.0. The van der Waals surface area contributed by atoms with Gasteiger partial charge in [-0.1, -0.05) is 29.8 Å². The Morgan fingerprint density at radius 2 is 1.81 bits per heavy atom. The molecule has 0 bridgehead atoms. The lowest BCUT2D eigenvalue weighted by atomic mass is 9.76. The number of nitrogens with zero attached hydrogens (tertiary/aromatic N) is 3. The van der Waals surface area contributed by atoms with E-state index < -0.39 is 0 Å². The van der Waals surface area contributed by atoms with Gasteiger partial charge in [-0.3, -0.25) is 14.8 Å². The Hall–Kier alpha value is -2.50. The fourth-order valence-corrected chi connectivity index (χ4v) is 5.43. The normalized spacial score (nSPS) is 18.1. The highest BCUT2D eigenvalue weighted by Crippen LogP contribution is 2.43. The number of likely N-dealkylation sites (tertiary alicyclic amines) is 1. The van der Waals surface area contributed by atoms with Crippen LogP contribution in [0.5, 0.6) is 0 Å². The average molecular weight is 509 g/mol. The zero-order valence-electron chi connectivity index (χ0n) is 17.5. The summed E-state index contributed by atoms with van der Waals surface area (Å²) in [5.41, 5.74) is 5.66. The highest BCUT2D eigenvalue weighted by atomic mass is 79.9. The summed E-state index contributed by atoms with van der Waals surface area (Å²) >= 11 is 9.88. The van der Waals surface area contributed by atoms with E-state index in [2.05, 4.69) is 45.2 Å². The maximum Gasteiger partial charge on any atom is 0.226 e. The van der Waals surface area contributed by atoms with E-state index in [1.807, 2.05) is 35.4 Å². The van der Waals surface area contributed by atoms with Gasteiger partial charge in [-0.2, -0.15) is 0 Å². The molecular formula is C26H23BrClN3O. The Morgan fingerprint density at radius 1 is 1.06 bits per heavy atom. The first-order chi connectivity index (χ1) is 15.6. The van der Waals surface area contributed by atoms with E-state index in [0.29, 0.717) is 12.3 Å². The van der Waals surface area contributed by atoms with Crippen molar-refractivity contribution in [2.45, 2.75) is 25.2 Å². The van der Waals surface area contributed by atoms with Gasteiger partial charge in [0.2, 0.25) is 5.91 Å². The molecule has 0 radical (unpaired) electrons. The van der Waals surface area contributed by atoms with E-state index in [1.165, 1.54) is 5.56 Å². The number of halogens is 2. The summed E-state index contributed by atoms with van der Waals surface area (Å²) in [5, 5.41) is 0.740. The first-order valence-electron chi connectivity index (χ1n) is 10.9. The zero-order valence-corrected chi connectivity index (χ0v) is 19.9. The Kier molecular flexibility index (Phi) is 6.11. The molecule has 0 N–H and O–H groups in total. The second kappa shape index (κ2) is 9.16. The molecule has 3 heterocycles. The van der Waals surface area contributed by atoms with Crippen molar-refractivity contribution in [1.29, 1.82) is 0 Å². The van der Waals surface area contributed by atoms with E-state index in [9.17, 15) is 4.79 Å². The molecule has 2 aliphatic rings. The molecule has 1 unspecified atom stereocenters. The van der Waals surface area contributed by atoms with Gasteiger partial charge in [-0.15, -0.1) is 0 Å². The van der Waals surface area contributed by atoms with Gasteiger partial charge in [-0.25, -0.2) is 0 Å². The Labute approximate surface area is 201 Å². The molecule has 6 heteroatoms. The first kappa shape index (κ1) is 21.4. The molecule has 1 atom stereocenters. The van der Waals surface area contributed by atoms with Crippen molar-refractivity contribution in [2.75, 3.05) is 13.1 Å². The number of carbonyl (C=O) groups is 1. The summed E-state index contributed by atoms with van der Waals surface area (Å²) in [7, 11) is 0. The summed E-state index contributed by atoms with van der Waals surface area (Å²) < 4.78 is 0.972. The number of benzene rings is 1. The molecule has 3 aromatic rings. The Balaban J connectivity index is 1.39. The van der Waals surface area contributed by atoms with Crippen LogP contribution in [0.25, 0.3) is 12.2 Å². The van der Waals surface area contributed by atoms with Gasteiger partial charge < -0.3 is 4.90 Å². The van der Waals surface area contributed by atoms with Crippen LogP contribution in [-0.4, -0.2) is 33.9 Å². The van der Waals surface area contributed by atoms with E-state index in [-0.39, 0.29) is 11.8 Å². The predicted molar refractivity (Wildman–Crippen MR) is 131 cm³/mol.